The number of aliphatic imine (C=N–C) groups is 1. The molecule has 1 aliphatic rings. The van der Waals surface area contributed by atoms with E-state index in [4.69, 9.17) is 9.73 Å². The second kappa shape index (κ2) is 8.40. The van der Waals surface area contributed by atoms with Gasteiger partial charge in [0.25, 0.3) is 0 Å². The van der Waals surface area contributed by atoms with Gasteiger partial charge in [0, 0.05) is 11.5 Å². The molecule has 0 saturated carbocycles. The fourth-order valence-corrected chi connectivity index (χ4v) is 4.71. The molecule has 1 unspecified atom stereocenters. The number of ether oxygens (including phenoxy) is 1. The molecular weight excluding hydrogens is 338 g/mol. The minimum Gasteiger partial charge on any atom is -0.465 e. The van der Waals surface area contributed by atoms with E-state index in [-0.39, 0.29) is 11.2 Å². The Balaban J connectivity index is 1.85. The minimum atomic E-state index is -0.355. The minimum absolute atomic E-state index is 0.199. The van der Waals surface area contributed by atoms with Crippen LogP contribution in [0.5, 0.6) is 0 Å². The SMILES string of the molecule is CCOC(=O)C1SCc2ccccc2N=C1SCc1ccccc1. The number of benzene rings is 2. The summed E-state index contributed by atoms with van der Waals surface area (Å²) in [5, 5.41) is 0.471. The van der Waals surface area contributed by atoms with Crippen molar-refractivity contribution in [3.8, 4) is 0 Å². The molecular formula is C19H19NO2S2. The highest BCUT2D eigenvalue weighted by atomic mass is 32.2. The standard InChI is InChI=1S/C19H19NO2S2/c1-2-22-19(21)17-18(24-12-14-8-4-3-5-9-14)20-16-11-7-6-10-15(16)13-23-17/h3-11,17H,2,12-13H2,1H3. The first-order valence-electron chi connectivity index (χ1n) is 7.89. The first-order valence-corrected chi connectivity index (χ1v) is 9.93. The van der Waals surface area contributed by atoms with Gasteiger partial charge >= 0.3 is 5.97 Å². The van der Waals surface area contributed by atoms with Gasteiger partial charge in [0.1, 0.15) is 0 Å². The Bertz CT molecular complexity index is 731. The van der Waals surface area contributed by atoms with Crippen LogP contribution < -0.4 is 0 Å². The Labute approximate surface area is 150 Å². The molecule has 124 valence electrons. The van der Waals surface area contributed by atoms with E-state index in [1.54, 1.807) is 23.5 Å². The van der Waals surface area contributed by atoms with Gasteiger partial charge in [-0.1, -0.05) is 48.5 Å². The molecule has 3 rings (SSSR count). The molecule has 0 bridgehead atoms. The van der Waals surface area contributed by atoms with E-state index in [0.717, 1.165) is 27.8 Å². The van der Waals surface area contributed by atoms with Crippen molar-refractivity contribution in [1.29, 1.82) is 0 Å². The number of esters is 1. The van der Waals surface area contributed by atoms with Crippen molar-refractivity contribution in [2.45, 2.75) is 23.7 Å². The van der Waals surface area contributed by atoms with Gasteiger partial charge < -0.3 is 4.74 Å². The average Bonchev–Trinajstić information content (AvgIpc) is 2.80. The average molecular weight is 358 g/mol. The van der Waals surface area contributed by atoms with E-state index in [1.165, 1.54) is 5.56 Å². The first-order chi connectivity index (χ1) is 11.8. The summed E-state index contributed by atoms with van der Waals surface area (Å²) in [4.78, 5) is 17.2. The third-order valence-electron chi connectivity index (χ3n) is 3.58. The third kappa shape index (κ3) is 4.22. The first kappa shape index (κ1) is 17.1. The van der Waals surface area contributed by atoms with Gasteiger partial charge in [-0.15, -0.1) is 23.5 Å². The summed E-state index contributed by atoms with van der Waals surface area (Å²) in [5.41, 5.74) is 3.33. The van der Waals surface area contributed by atoms with Crippen molar-refractivity contribution in [1.82, 2.24) is 0 Å². The maximum Gasteiger partial charge on any atom is 0.325 e. The van der Waals surface area contributed by atoms with E-state index >= 15 is 0 Å². The lowest BCUT2D eigenvalue weighted by Crippen LogP contribution is -2.27. The maximum absolute atomic E-state index is 12.4. The van der Waals surface area contributed by atoms with Gasteiger partial charge in [-0.3, -0.25) is 4.79 Å². The van der Waals surface area contributed by atoms with E-state index in [2.05, 4.69) is 18.2 Å². The van der Waals surface area contributed by atoms with Crippen molar-refractivity contribution in [2.24, 2.45) is 4.99 Å². The van der Waals surface area contributed by atoms with Gasteiger partial charge in [-0.2, -0.15) is 0 Å². The van der Waals surface area contributed by atoms with Crippen LogP contribution in [0.1, 0.15) is 18.1 Å². The Morgan fingerprint density at radius 3 is 2.75 bits per heavy atom. The highest BCUT2D eigenvalue weighted by Gasteiger charge is 2.29. The second-order valence-electron chi connectivity index (χ2n) is 5.30. The number of hydrogen-bond acceptors (Lipinski definition) is 5. The smallest absolute Gasteiger partial charge is 0.325 e. The zero-order valence-electron chi connectivity index (χ0n) is 13.5. The molecule has 24 heavy (non-hydrogen) atoms. The van der Waals surface area contributed by atoms with E-state index in [1.807, 2.05) is 43.3 Å². The van der Waals surface area contributed by atoms with Crippen LogP contribution in [0.15, 0.2) is 59.6 Å². The maximum atomic E-state index is 12.4. The summed E-state index contributed by atoms with van der Waals surface area (Å²) in [5.74, 6) is 1.35. The molecule has 2 aromatic carbocycles. The van der Waals surface area contributed by atoms with Crippen LogP contribution in [-0.2, 0) is 21.0 Å². The fourth-order valence-electron chi connectivity index (χ4n) is 2.39. The van der Waals surface area contributed by atoms with Crippen LogP contribution >= 0.6 is 23.5 Å². The van der Waals surface area contributed by atoms with Crippen molar-refractivity contribution in [2.75, 3.05) is 6.61 Å². The number of nitrogens with zero attached hydrogens (tertiary/aromatic N) is 1. The Kier molecular flexibility index (Phi) is 5.99. The van der Waals surface area contributed by atoms with Gasteiger partial charge in [0.2, 0.25) is 0 Å². The van der Waals surface area contributed by atoms with Crippen LogP contribution in [0.2, 0.25) is 0 Å². The third-order valence-corrected chi connectivity index (χ3v) is 6.06. The van der Waals surface area contributed by atoms with Crippen molar-refractivity contribution in [3.63, 3.8) is 0 Å². The summed E-state index contributed by atoms with van der Waals surface area (Å²) in [7, 11) is 0. The number of carbonyl (C=O) groups is 1. The predicted octanol–water partition coefficient (Wildman–Crippen LogP) is 4.83. The highest BCUT2D eigenvalue weighted by molar-refractivity contribution is 8.16. The molecule has 0 spiro atoms. The monoisotopic (exact) mass is 357 g/mol. The quantitative estimate of drug-likeness (QED) is 0.735. The van der Waals surface area contributed by atoms with E-state index < -0.39 is 0 Å². The molecule has 0 N–H and O–H groups in total. The topological polar surface area (TPSA) is 38.7 Å². The molecule has 0 radical (unpaired) electrons. The molecule has 0 aromatic heterocycles. The molecule has 1 atom stereocenters. The highest BCUT2D eigenvalue weighted by Crippen LogP contribution is 2.35. The number of para-hydroxylation sites is 1. The van der Waals surface area contributed by atoms with E-state index in [0.29, 0.717) is 6.61 Å². The number of thioether (sulfide) groups is 2. The molecule has 0 fully saturated rings. The molecule has 0 saturated heterocycles. The van der Waals surface area contributed by atoms with Crippen LogP contribution in [0.25, 0.3) is 0 Å². The molecule has 1 heterocycles. The van der Waals surface area contributed by atoms with Crippen LogP contribution in [0.3, 0.4) is 0 Å². The number of hydrogen-bond donors (Lipinski definition) is 0. The molecule has 3 nitrogen and oxygen atoms in total. The van der Waals surface area contributed by atoms with Crippen molar-refractivity contribution >= 4 is 40.2 Å². The Morgan fingerprint density at radius 1 is 1.21 bits per heavy atom. The lowest BCUT2D eigenvalue weighted by Gasteiger charge is -2.15. The molecule has 1 aliphatic heterocycles. The lowest BCUT2D eigenvalue weighted by molar-refractivity contribution is -0.141. The normalized spacial score (nSPS) is 16.7. The van der Waals surface area contributed by atoms with E-state index in [9.17, 15) is 4.79 Å². The molecule has 2 aromatic rings. The van der Waals surface area contributed by atoms with Gasteiger partial charge in [0.15, 0.2) is 5.25 Å². The zero-order valence-corrected chi connectivity index (χ0v) is 15.1. The summed E-state index contributed by atoms with van der Waals surface area (Å²) in [6.07, 6.45) is 0. The van der Waals surface area contributed by atoms with Crippen molar-refractivity contribution in [3.05, 3.63) is 65.7 Å². The fraction of sp³-hybridized carbons (Fsp3) is 0.263. The Hall–Kier alpha value is -1.72. The second-order valence-corrected chi connectivity index (χ2v) is 7.39. The zero-order chi connectivity index (χ0) is 16.8. The van der Waals surface area contributed by atoms with Crippen LogP contribution in [0.4, 0.5) is 5.69 Å². The Morgan fingerprint density at radius 2 is 1.96 bits per heavy atom. The lowest BCUT2D eigenvalue weighted by atomic mass is 10.2. The summed E-state index contributed by atoms with van der Waals surface area (Å²) >= 11 is 3.21. The van der Waals surface area contributed by atoms with Crippen LogP contribution in [-0.4, -0.2) is 22.9 Å². The molecule has 5 heteroatoms. The van der Waals surface area contributed by atoms with Gasteiger partial charge in [0.05, 0.1) is 17.3 Å². The molecule has 0 aliphatic carbocycles. The molecule has 0 amide bonds. The number of rotatable bonds is 4. The largest absolute Gasteiger partial charge is 0.465 e. The predicted molar refractivity (Wildman–Crippen MR) is 103 cm³/mol. The summed E-state index contributed by atoms with van der Waals surface area (Å²) in [6, 6.07) is 18.3. The van der Waals surface area contributed by atoms with Gasteiger partial charge in [-0.05, 0) is 24.1 Å². The number of carbonyl (C=O) groups excluding carboxylic acids is 1. The number of fused-ring (bicyclic) bond motifs is 1. The summed E-state index contributed by atoms with van der Waals surface area (Å²) < 4.78 is 5.26. The van der Waals surface area contributed by atoms with Crippen LogP contribution in [0, 0.1) is 0 Å². The summed E-state index contributed by atoms with van der Waals surface area (Å²) in [6.45, 7) is 2.22. The van der Waals surface area contributed by atoms with Gasteiger partial charge in [-0.25, -0.2) is 4.99 Å². The van der Waals surface area contributed by atoms with Crippen molar-refractivity contribution < 1.29 is 9.53 Å².